The van der Waals surface area contributed by atoms with Crippen molar-refractivity contribution < 1.29 is 9.26 Å². The minimum Gasteiger partial charge on any atom is -0.383 e. The van der Waals surface area contributed by atoms with Crippen LogP contribution in [0, 0.1) is 12.3 Å². The highest BCUT2D eigenvalue weighted by Crippen LogP contribution is 2.54. The van der Waals surface area contributed by atoms with Crippen molar-refractivity contribution in [2.24, 2.45) is 5.41 Å². The van der Waals surface area contributed by atoms with E-state index in [-0.39, 0.29) is 5.91 Å². The summed E-state index contributed by atoms with van der Waals surface area (Å²) in [6.45, 7) is 5.39. The van der Waals surface area contributed by atoms with E-state index in [0.29, 0.717) is 27.5 Å². The van der Waals surface area contributed by atoms with E-state index in [1.807, 2.05) is 13.0 Å². The van der Waals surface area contributed by atoms with E-state index in [1.54, 1.807) is 30.8 Å². The monoisotopic (exact) mass is 413 g/mol. The highest BCUT2D eigenvalue weighted by Gasteiger charge is 2.44. The van der Waals surface area contributed by atoms with Gasteiger partial charge in [-0.2, -0.15) is 0 Å². The SMILES string of the molecule is Cc1nc(N2CCC3(CC2)CC3)c(C(=O)Nc2cccc([Si](C)=O)c2)cc1Cl. The molecule has 1 saturated heterocycles. The lowest BCUT2D eigenvalue weighted by Crippen LogP contribution is -2.36. The number of rotatable bonds is 4. The van der Waals surface area contributed by atoms with Gasteiger partial charge in [0.1, 0.15) is 5.82 Å². The second kappa shape index (κ2) is 7.41. The van der Waals surface area contributed by atoms with Gasteiger partial charge in [0.15, 0.2) is 0 Å². The molecule has 5 nitrogen and oxygen atoms in total. The fraction of sp³-hybridized carbons (Fsp3) is 0.429. The van der Waals surface area contributed by atoms with E-state index in [2.05, 4.69) is 15.2 Å². The molecule has 1 aliphatic carbocycles. The summed E-state index contributed by atoms with van der Waals surface area (Å²) in [4.78, 5) is 19.9. The van der Waals surface area contributed by atoms with E-state index < -0.39 is 8.68 Å². The first-order chi connectivity index (χ1) is 13.4. The molecule has 2 heterocycles. The quantitative estimate of drug-likeness (QED) is 0.771. The van der Waals surface area contributed by atoms with E-state index in [4.69, 9.17) is 11.6 Å². The number of carbonyl (C=O) groups is 1. The van der Waals surface area contributed by atoms with Gasteiger partial charge in [-0.1, -0.05) is 23.7 Å². The molecule has 0 atom stereocenters. The van der Waals surface area contributed by atoms with Crippen LogP contribution in [0.4, 0.5) is 11.5 Å². The second-order valence-corrected chi connectivity index (χ2v) is 10.1. The molecule has 1 spiro atoms. The van der Waals surface area contributed by atoms with Crippen molar-refractivity contribution in [1.29, 1.82) is 0 Å². The van der Waals surface area contributed by atoms with Gasteiger partial charge < -0.3 is 14.7 Å². The topological polar surface area (TPSA) is 62.3 Å². The van der Waals surface area contributed by atoms with Crippen LogP contribution in [0.5, 0.6) is 0 Å². The molecule has 2 fully saturated rings. The van der Waals surface area contributed by atoms with Crippen LogP contribution in [-0.4, -0.2) is 32.7 Å². The molecule has 28 heavy (non-hydrogen) atoms. The van der Waals surface area contributed by atoms with Crippen LogP contribution in [0.2, 0.25) is 11.6 Å². The van der Waals surface area contributed by atoms with Crippen molar-refractivity contribution >= 4 is 42.9 Å². The normalized spacial score (nSPS) is 17.5. The second-order valence-electron chi connectivity index (χ2n) is 8.00. The minimum atomic E-state index is -1.82. The fourth-order valence-electron chi connectivity index (χ4n) is 3.86. The maximum absolute atomic E-state index is 13.1. The number of hydrogen-bond donors (Lipinski definition) is 1. The molecular formula is C21H24ClN3O2Si. The first-order valence-electron chi connectivity index (χ1n) is 9.71. The van der Waals surface area contributed by atoms with Crippen LogP contribution in [-0.2, 0) is 4.46 Å². The Morgan fingerprint density at radius 3 is 2.57 bits per heavy atom. The number of nitrogens with one attached hydrogen (secondary N) is 1. The van der Waals surface area contributed by atoms with Crippen molar-refractivity contribution in [3.8, 4) is 0 Å². The highest BCUT2D eigenvalue weighted by atomic mass is 35.5. The Hall–Kier alpha value is -2.05. The predicted molar refractivity (Wildman–Crippen MR) is 113 cm³/mol. The molecule has 1 aromatic carbocycles. The molecule has 1 aromatic heterocycles. The number of amides is 1. The van der Waals surface area contributed by atoms with Crippen molar-refractivity contribution in [3.05, 3.63) is 46.6 Å². The van der Waals surface area contributed by atoms with Gasteiger partial charge in [-0.25, -0.2) is 4.98 Å². The van der Waals surface area contributed by atoms with E-state index in [1.165, 1.54) is 12.8 Å². The van der Waals surface area contributed by atoms with E-state index in [9.17, 15) is 9.26 Å². The average Bonchev–Trinajstić information content (AvgIpc) is 3.43. The summed E-state index contributed by atoms with van der Waals surface area (Å²) in [7, 11) is -1.82. The number of benzene rings is 1. The summed E-state index contributed by atoms with van der Waals surface area (Å²) < 4.78 is 11.8. The van der Waals surface area contributed by atoms with Crippen LogP contribution in [0.3, 0.4) is 0 Å². The van der Waals surface area contributed by atoms with E-state index >= 15 is 0 Å². The number of hydrogen-bond acceptors (Lipinski definition) is 4. The lowest BCUT2D eigenvalue weighted by atomic mass is 9.93. The number of nitrogens with zero attached hydrogens (tertiary/aromatic N) is 2. The fourth-order valence-corrected chi connectivity index (χ4v) is 4.70. The molecule has 7 heteroatoms. The van der Waals surface area contributed by atoms with Gasteiger partial charge in [0.25, 0.3) is 5.91 Å². The summed E-state index contributed by atoms with van der Waals surface area (Å²) in [5, 5.41) is 4.15. The highest BCUT2D eigenvalue weighted by molar-refractivity contribution is 6.58. The number of carbonyl (C=O) groups excluding carboxylic acids is 1. The first kappa shape index (κ1) is 19.3. The summed E-state index contributed by atoms with van der Waals surface area (Å²) >= 11 is 6.30. The van der Waals surface area contributed by atoms with Crippen molar-refractivity contribution in [3.63, 3.8) is 0 Å². The van der Waals surface area contributed by atoms with Gasteiger partial charge in [-0.3, -0.25) is 4.79 Å². The minimum absolute atomic E-state index is 0.246. The predicted octanol–water partition coefficient (Wildman–Crippen LogP) is 3.93. The van der Waals surface area contributed by atoms with Gasteiger partial charge >= 0.3 is 8.68 Å². The average molecular weight is 414 g/mol. The molecule has 146 valence electrons. The lowest BCUT2D eigenvalue weighted by Gasteiger charge is -2.34. The zero-order valence-corrected chi connectivity index (χ0v) is 18.0. The Morgan fingerprint density at radius 1 is 1.21 bits per heavy atom. The maximum atomic E-state index is 13.1. The molecule has 0 unspecified atom stereocenters. The Kier molecular flexibility index (Phi) is 5.10. The first-order valence-corrected chi connectivity index (χ1v) is 12.0. The summed E-state index contributed by atoms with van der Waals surface area (Å²) in [6, 6.07) is 8.89. The van der Waals surface area contributed by atoms with Crippen LogP contribution in [0.15, 0.2) is 30.3 Å². The molecule has 4 rings (SSSR count). The summed E-state index contributed by atoms with van der Waals surface area (Å²) in [5.41, 5.74) is 2.39. The van der Waals surface area contributed by atoms with Gasteiger partial charge in [0.05, 0.1) is 16.3 Å². The molecule has 0 radical (unpaired) electrons. The number of aryl methyl sites for hydroxylation is 1. The molecule has 1 amide bonds. The molecular weight excluding hydrogens is 390 g/mol. The maximum Gasteiger partial charge on any atom is 0.308 e. The molecule has 2 aromatic rings. The van der Waals surface area contributed by atoms with Crippen molar-refractivity contribution in [2.45, 2.75) is 39.2 Å². The van der Waals surface area contributed by atoms with Crippen LogP contribution < -0.4 is 15.4 Å². The van der Waals surface area contributed by atoms with Crippen molar-refractivity contribution in [2.75, 3.05) is 23.3 Å². The molecule has 1 saturated carbocycles. The Morgan fingerprint density at radius 2 is 1.93 bits per heavy atom. The number of pyridine rings is 1. The molecule has 1 aliphatic heterocycles. The van der Waals surface area contributed by atoms with Gasteiger partial charge in [0.2, 0.25) is 0 Å². The standard InChI is InChI=1S/C21H24ClN3O2Si/c1-14-18(22)13-17(19(23-14)25-10-8-21(6-7-21)9-11-25)20(26)24-15-4-3-5-16(12-15)28(2)27/h3-5,12-13H,6-11H2,1-2H3,(H,24,26). The third-order valence-corrected chi connectivity index (χ3v) is 7.49. The molecule has 0 bridgehead atoms. The third kappa shape index (κ3) is 3.89. The number of aromatic nitrogens is 1. The summed E-state index contributed by atoms with van der Waals surface area (Å²) in [6.07, 6.45) is 4.98. The molecule has 2 aliphatic rings. The smallest absolute Gasteiger partial charge is 0.308 e. The number of anilines is 2. The van der Waals surface area contributed by atoms with Gasteiger partial charge in [-0.15, -0.1) is 0 Å². The van der Waals surface area contributed by atoms with Gasteiger partial charge in [0, 0.05) is 18.8 Å². The Bertz CT molecular complexity index is 949. The third-order valence-electron chi connectivity index (χ3n) is 5.98. The van der Waals surface area contributed by atoms with E-state index in [0.717, 1.165) is 36.8 Å². The van der Waals surface area contributed by atoms with Crippen LogP contribution >= 0.6 is 11.6 Å². The lowest BCUT2D eigenvalue weighted by molar-refractivity contribution is 0.102. The number of halogens is 1. The zero-order valence-electron chi connectivity index (χ0n) is 16.2. The Labute approximate surface area is 171 Å². The molecule has 1 N–H and O–H groups in total. The Balaban J connectivity index is 1.61. The largest absolute Gasteiger partial charge is 0.383 e. The summed E-state index contributed by atoms with van der Waals surface area (Å²) in [5.74, 6) is 0.458. The van der Waals surface area contributed by atoms with Crippen LogP contribution in [0.25, 0.3) is 0 Å². The zero-order chi connectivity index (χ0) is 19.9. The van der Waals surface area contributed by atoms with Crippen molar-refractivity contribution in [1.82, 2.24) is 4.98 Å². The van der Waals surface area contributed by atoms with Crippen LogP contribution in [0.1, 0.15) is 41.7 Å². The number of piperidine rings is 1. The van der Waals surface area contributed by atoms with Gasteiger partial charge in [-0.05, 0) is 68.0 Å².